The summed E-state index contributed by atoms with van der Waals surface area (Å²) in [7, 11) is 0. The Kier molecular flexibility index (Phi) is 4.35. The molecule has 3 heteroatoms. The van der Waals surface area contributed by atoms with Gasteiger partial charge in [0.05, 0.1) is 11.9 Å². The predicted octanol–water partition coefficient (Wildman–Crippen LogP) is 4.03. The highest BCUT2D eigenvalue weighted by molar-refractivity contribution is 5.35. The zero-order valence-corrected chi connectivity index (χ0v) is 13.0. The monoisotopic (exact) mass is 291 g/mol. The first-order valence-corrected chi connectivity index (χ1v) is 7.63. The minimum Gasteiger partial charge on any atom is -0.306 e. The number of para-hydroxylation sites is 1. The standard InChI is InChI=1S/C19H21N3/c1-15(20-13-17-9-5-3-6-10-17)19-14-21-22(16(19)2)18-11-7-4-8-12-18/h3-12,14-15,20H,13H2,1-2H3/t15-/m0/s1. The van der Waals surface area contributed by atoms with Gasteiger partial charge in [-0.2, -0.15) is 5.10 Å². The molecule has 0 aliphatic rings. The molecule has 0 saturated carbocycles. The van der Waals surface area contributed by atoms with E-state index in [0.29, 0.717) is 0 Å². The molecule has 0 radical (unpaired) electrons. The molecule has 0 spiro atoms. The number of hydrogen-bond donors (Lipinski definition) is 1. The van der Waals surface area contributed by atoms with Gasteiger partial charge in [0.25, 0.3) is 0 Å². The highest BCUT2D eigenvalue weighted by atomic mass is 15.3. The molecule has 22 heavy (non-hydrogen) atoms. The normalized spacial score (nSPS) is 12.3. The van der Waals surface area contributed by atoms with Gasteiger partial charge in [0.1, 0.15) is 0 Å². The molecule has 3 nitrogen and oxygen atoms in total. The van der Waals surface area contributed by atoms with Crippen LogP contribution in [-0.4, -0.2) is 9.78 Å². The van der Waals surface area contributed by atoms with E-state index in [1.165, 1.54) is 16.8 Å². The van der Waals surface area contributed by atoms with Crippen molar-refractivity contribution in [3.05, 3.63) is 83.7 Å². The number of aromatic nitrogens is 2. The Hall–Kier alpha value is -2.39. The summed E-state index contributed by atoms with van der Waals surface area (Å²) in [5.41, 5.74) is 4.81. The summed E-state index contributed by atoms with van der Waals surface area (Å²) in [4.78, 5) is 0. The van der Waals surface area contributed by atoms with E-state index in [0.717, 1.165) is 12.2 Å². The lowest BCUT2D eigenvalue weighted by Gasteiger charge is -2.14. The van der Waals surface area contributed by atoms with Gasteiger partial charge in [-0.05, 0) is 31.5 Å². The average molecular weight is 291 g/mol. The van der Waals surface area contributed by atoms with Gasteiger partial charge >= 0.3 is 0 Å². The predicted molar refractivity (Wildman–Crippen MR) is 90.0 cm³/mol. The number of rotatable bonds is 5. The van der Waals surface area contributed by atoms with Gasteiger partial charge in [-0.15, -0.1) is 0 Å². The molecule has 0 fully saturated rings. The van der Waals surface area contributed by atoms with Crippen molar-refractivity contribution in [2.75, 3.05) is 0 Å². The van der Waals surface area contributed by atoms with Crippen LogP contribution in [0.3, 0.4) is 0 Å². The number of nitrogens with zero attached hydrogens (tertiary/aromatic N) is 2. The molecule has 0 bridgehead atoms. The summed E-state index contributed by atoms with van der Waals surface area (Å²) in [5, 5.41) is 8.11. The zero-order chi connectivity index (χ0) is 15.4. The third kappa shape index (κ3) is 3.10. The molecule has 112 valence electrons. The lowest BCUT2D eigenvalue weighted by atomic mass is 10.1. The second kappa shape index (κ2) is 6.58. The van der Waals surface area contributed by atoms with Crippen LogP contribution in [0, 0.1) is 6.92 Å². The Balaban J connectivity index is 1.74. The third-order valence-corrected chi connectivity index (χ3v) is 3.97. The molecular weight excluding hydrogens is 270 g/mol. The van der Waals surface area contributed by atoms with Crippen molar-refractivity contribution >= 4 is 0 Å². The average Bonchev–Trinajstić information content (AvgIpc) is 2.96. The molecule has 1 N–H and O–H groups in total. The van der Waals surface area contributed by atoms with Crippen LogP contribution in [0.1, 0.15) is 29.8 Å². The molecule has 3 aromatic rings. The van der Waals surface area contributed by atoms with Crippen molar-refractivity contribution in [2.24, 2.45) is 0 Å². The molecule has 0 amide bonds. The van der Waals surface area contributed by atoms with Crippen LogP contribution in [-0.2, 0) is 6.54 Å². The van der Waals surface area contributed by atoms with Gasteiger partial charge in [-0.3, -0.25) is 0 Å². The first-order chi connectivity index (χ1) is 10.8. The maximum atomic E-state index is 4.54. The Morgan fingerprint density at radius 1 is 1.00 bits per heavy atom. The van der Waals surface area contributed by atoms with Crippen molar-refractivity contribution in [3.63, 3.8) is 0 Å². The summed E-state index contributed by atoms with van der Waals surface area (Å²) in [6.45, 7) is 5.16. The van der Waals surface area contributed by atoms with Crippen LogP contribution in [0.2, 0.25) is 0 Å². The fraction of sp³-hybridized carbons (Fsp3) is 0.211. The maximum Gasteiger partial charge on any atom is 0.0648 e. The fourth-order valence-electron chi connectivity index (χ4n) is 2.65. The van der Waals surface area contributed by atoms with Crippen LogP contribution >= 0.6 is 0 Å². The third-order valence-electron chi connectivity index (χ3n) is 3.97. The van der Waals surface area contributed by atoms with Crippen LogP contribution < -0.4 is 5.32 Å². The maximum absolute atomic E-state index is 4.54. The minimum absolute atomic E-state index is 0.262. The van der Waals surface area contributed by atoms with Crippen molar-refractivity contribution in [1.82, 2.24) is 15.1 Å². The summed E-state index contributed by atoms with van der Waals surface area (Å²) >= 11 is 0. The summed E-state index contributed by atoms with van der Waals surface area (Å²) < 4.78 is 2.00. The minimum atomic E-state index is 0.262. The lowest BCUT2D eigenvalue weighted by Crippen LogP contribution is -2.18. The van der Waals surface area contributed by atoms with Gasteiger partial charge in [0.2, 0.25) is 0 Å². The summed E-state index contributed by atoms with van der Waals surface area (Å²) in [6.07, 6.45) is 1.96. The quantitative estimate of drug-likeness (QED) is 0.769. The SMILES string of the molecule is Cc1c([C@H](C)NCc2ccccc2)cnn1-c1ccccc1. The van der Waals surface area contributed by atoms with E-state index in [2.05, 4.69) is 60.7 Å². The van der Waals surface area contributed by atoms with E-state index in [1.807, 2.05) is 35.1 Å². The highest BCUT2D eigenvalue weighted by Crippen LogP contribution is 2.20. The molecule has 0 aliphatic carbocycles. The van der Waals surface area contributed by atoms with Crippen molar-refractivity contribution < 1.29 is 0 Å². The Bertz CT molecular complexity index is 717. The molecule has 1 aromatic heterocycles. The summed E-state index contributed by atoms with van der Waals surface area (Å²) in [6, 6.07) is 21.0. The van der Waals surface area contributed by atoms with Crippen LogP contribution in [0.5, 0.6) is 0 Å². The van der Waals surface area contributed by atoms with E-state index in [-0.39, 0.29) is 6.04 Å². The molecule has 2 aromatic carbocycles. The fourth-order valence-corrected chi connectivity index (χ4v) is 2.65. The molecule has 1 atom stereocenters. The van der Waals surface area contributed by atoms with E-state index in [9.17, 15) is 0 Å². The van der Waals surface area contributed by atoms with E-state index in [4.69, 9.17) is 0 Å². The summed E-state index contributed by atoms with van der Waals surface area (Å²) in [5.74, 6) is 0. The first kappa shape index (κ1) is 14.5. The molecule has 0 unspecified atom stereocenters. The smallest absolute Gasteiger partial charge is 0.0648 e. The Morgan fingerprint density at radius 3 is 2.32 bits per heavy atom. The molecular formula is C19H21N3. The number of benzene rings is 2. The number of hydrogen-bond acceptors (Lipinski definition) is 2. The van der Waals surface area contributed by atoms with Gasteiger partial charge in [0.15, 0.2) is 0 Å². The van der Waals surface area contributed by atoms with Crippen LogP contribution in [0.4, 0.5) is 0 Å². The largest absolute Gasteiger partial charge is 0.306 e. The molecule has 0 aliphatic heterocycles. The van der Waals surface area contributed by atoms with Crippen molar-refractivity contribution in [3.8, 4) is 5.69 Å². The molecule has 1 heterocycles. The lowest BCUT2D eigenvalue weighted by molar-refractivity contribution is 0.571. The van der Waals surface area contributed by atoms with Crippen molar-refractivity contribution in [1.29, 1.82) is 0 Å². The van der Waals surface area contributed by atoms with E-state index in [1.54, 1.807) is 0 Å². The zero-order valence-electron chi connectivity index (χ0n) is 13.0. The first-order valence-electron chi connectivity index (χ1n) is 7.63. The highest BCUT2D eigenvalue weighted by Gasteiger charge is 2.13. The van der Waals surface area contributed by atoms with Crippen molar-refractivity contribution in [2.45, 2.75) is 26.4 Å². The van der Waals surface area contributed by atoms with Crippen LogP contribution in [0.15, 0.2) is 66.9 Å². The Morgan fingerprint density at radius 2 is 1.64 bits per heavy atom. The second-order valence-corrected chi connectivity index (χ2v) is 5.52. The van der Waals surface area contributed by atoms with Gasteiger partial charge < -0.3 is 5.32 Å². The van der Waals surface area contributed by atoms with Gasteiger partial charge in [-0.1, -0.05) is 48.5 Å². The van der Waals surface area contributed by atoms with Crippen LogP contribution in [0.25, 0.3) is 5.69 Å². The Labute approximate surface area is 131 Å². The van der Waals surface area contributed by atoms with Gasteiger partial charge in [0, 0.05) is 23.8 Å². The van der Waals surface area contributed by atoms with Gasteiger partial charge in [-0.25, -0.2) is 4.68 Å². The molecule has 3 rings (SSSR count). The second-order valence-electron chi connectivity index (χ2n) is 5.52. The molecule has 0 saturated heterocycles. The number of nitrogens with one attached hydrogen (secondary N) is 1. The van der Waals surface area contributed by atoms with E-state index < -0.39 is 0 Å². The topological polar surface area (TPSA) is 29.9 Å². The van der Waals surface area contributed by atoms with E-state index >= 15 is 0 Å².